The van der Waals surface area contributed by atoms with E-state index in [1.807, 2.05) is 6.20 Å². The minimum absolute atomic E-state index is 0.809. The van der Waals surface area contributed by atoms with Crippen molar-refractivity contribution in [1.82, 2.24) is 4.98 Å². The van der Waals surface area contributed by atoms with Crippen LogP contribution in [0.25, 0.3) is 0 Å². The van der Waals surface area contributed by atoms with Gasteiger partial charge in [0.15, 0.2) is 0 Å². The first-order valence-electron chi connectivity index (χ1n) is 4.70. The van der Waals surface area contributed by atoms with Crippen molar-refractivity contribution in [2.24, 2.45) is 0 Å². The Morgan fingerprint density at radius 2 is 2.15 bits per heavy atom. The van der Waals surface area contributed by atoms with Gasteiger partial charge in [0.2, 0.25) is 5.88 Å². The number of rotatable bonds is 1. The maximum Gasteiger partial charge on any atom is 0.216 e. The molecule has 0 aliphatic carbocycles. The highest BCUT2D eigenvalue weighted by molar-refractivity contribution is 6.89. The molecule has 0 amide bonds. The van der Waals surface area contributed by atoms with Crippen molar-refractivity contribution in [2.75, 3.05) is 6.61 Å². The molecule has 2 nitrogen and oxygen atoms in total. The number of aromatic nitrogens is 1. The molecule has 0 bridgehead atoms. The Balaban J connectivity index is 2.54. The minimum Gasteiger partial charge on any atom is -0.477 e. The molecule has 1 aromatic rings. The predicted molar refractivity (Wildman–Crippen MR) is 56.4 cm³/mol. The molecule has 0 aromatic carbocycles. The van der Waals surface area contributed by atoms with Crippen LogP contribution in [-0.4, -0.2) is 19.7 Å². The molecule has 0 N–H and O–H groups in total. The Morgan fingerprint density at radius 1 is 1.38 bits per heavy atom. The van der Waals surface area contributed by atoms with Crippen molar-refractivity contribution in [2.45, 2.75) is 26.1 Å². The second-order valence-electron chi connectivity index (χ2n) is 4.49. The largest absolute Gasteiger partial charge is 0.477 e. The first-order chi connectivity index (χ1) is 6.09. The number of fused-ring (bicyclic) bond motifs is 1. The Hall–Kier alpha value is -0.833. The lowest BCUT2D eigenvalue weighted by Crippen LogP contribution is -2.39. The Bertz CT molecular complexity index is 330. The second-order valence-corrected chi connectivity index (χ2v) is 9.53. The lowest BCUT2D eigenvalue weighted by molar-refractivity contribution is 0.345. The van der Waals surface area contributed by atoms with Gasteiger partial charge in [0.05, 0.1) is 14.7 Å². The van der Waals surface area contributed by atoms with Gasteiger partial charge in [-0.05, 0) is 11.3 Å². The van der Waals surface area contributed by atoms with Gasteiger partial charge in [-0.2, -0.15) is 0 Å². The monoisotopic (exact) mass is 193 g/mol. The van der Waals surface area contributed by atoms with Crippen molar-refractivity contribution in [3.63, 3.8) is 0 Å². The summed E-state index contributed by atoms with van der Waals surface area (Å²) in [5.41, 5.74) is 1.36. The highest BCUT2D eigenvalue weighted by Gasteiger charge is 2.25. The maximum atomic E-state index is 5.45. The summed E-state index contributed by atoms with van der Waals surface area (Å²) in [5.74, 6) is 0.875. The summed E-state index contributed by atoms with van der Waals surface area (Å²) in [6.07, 6.45) is 2.92. The number of ether oxygens (including phenoxy) is 1. The first-order valence-corrected chi connectivity index (χ1v) is 8.20. The summed E-state index contributed by atoms with van der Waals surface area (Å²) in [7, 11) is -1.21. The molecule has 2 heterocycles. The molecule has 0 spiro atoms. The molecule has 1 aliphatic heterocycles. The van der Waals surface area contributed by atoms with E-state index in [9.17, 15) is 0 Å². The normalized spacial score (nSPS) is 15.3. The highest BCUT2D eigenvalue weighted by atomic mass is 28.3. The van der Waals surface area contributed by atoms with E-state index in [0.29, 0.717) is 0 Å². The van der Waals surface area contributed by atoms with E-state index >= 15 is 0 Å². The molecular formula is C10H15NOSi. The van der Waals surface area contributed by atoms with Crippen LogP contribution in [0.2, 0.25) is 19.6 Å². The van der Waals surface area contributed by atoms with Gasteiger partial charge in [-0.1, -0.05) is 19.6 Å². The van der Waals surface area contributed by atoms with Crippen LogP contribution in [-0.2, 0) is 6.42 Å². The molecule has 0 radical (unpaired) electrons. The van der Waals surface area contributed by atoms with Gasteiger partial charge in [0.1, 0.15) is 0 Å². The molecule has 0 saturated carbocycles. The van der Waals surface area contributed by atoms with Crippen LogP contribution in [0, 0.1) is 0 Å². The van der Waals surface area contributed by atoms with Crippen LogP contribution >= 0.6 is 0 Å². The minimum atomic E-state index is -1.21. The quantitative estimate of drug-likeness (QED) is 0.632. The van der Waals surface area contributed by atoms with Gasteiger partial charge in [-0.3, -0.25) is 0 Å². The summed E-state index contributed by atoms with van der Waals surface area (Å²) < 4.78 is 5.45. The molecular weight excluding hydrogens is 178 g/mol. The molecule has 0 fully saturated rings. The molecule has 0 unspecified atom stereocenters. The maximum absolute atomic E-state index is 5.45. The zero-order valence-corrected chi connectivity index (χ0v) is 9.42. The summed E-state index contributed by atoms with van der Waals surface area (Å²) >= 11 is 0. The Morgan fingerprint density at radius 3 is 2.85 bits per heavy atom. The fourth-order valence-corrected chi connectivity index (χ4v) is 3.50. The van der Waals surface area contributed by atoms with E-state index < -0.39 is 8.07 Å². The topological polar surface area (TPSA) is 22.1 Å². The van der Waals surface area contributed by atoms with Crippen LogP contribution in [0.4, 0.5) is 0 Å². The van der Waals surface area contributed by atoms with Crippen LogP contribution in [0.3, 0.4) is 0 Å². The second kappa shape index (κ2) is 2.84. The third kappa shape index (κ3) is 1.48. The molecule has 70 valence electrons. The van der Waals surface area contributed by atoms with E-state index in [0.717, 1.165) is 18.9 Å². The van der Waals surface area contributed by atoms with E-state index in [2.05, 4.69) is 30.7 Å². The Kier molecular flexibility index (Phi) is 1.91. The number of hydrogen-bond donors (Lipinski definition) is 0. The summed E-state index contributed by atoms with van der Waals surface area (Å²) in [6, 6.07) is 2.17. The van der Waals surface area contributed by atoms with E-state index in [1.165, 1.54) is 10.8 Å². The zero-order chi connectivity index (χ0) is 9.47. The summed E-state index contributed by atoms with van der Waals surface area (Å²) in [6.45, 7) is 7.90. The predicted octanol–water partition coefficient (Wildman–Crippen LogP) is 1.56. The van der Waals surface area contributed by atoms with Crippen LogP contribution in [0.5, 0.6) is 5.88 Å². The van der Waals surface area contributed by atoms with Crippen molar-refractivity contribution < 1.29 is 4.74 Å². The summed E-state index contributed by atoms with van der Waals surface area (Å²) in [5, 5.41) is 1.51. The van der Waals surface area contributed by atoms with Gasteiger partial charge >= 0.3 is 0 Å². The van der Waals surface area contributed by atoms with Gasteiger partial charge < -0.3 is 4.74 Å². The van der Waals surface area contributed by atoms with E-state index in [1.54, 1.807) is 0 Å². The standard InChI is InChI=1S/C10H15NOSi/c1-13(2,3)9-4-6-11-10-8(9)5-7-12-10/h4,6H,5,7H2,1-3H3. The Labute approximate surface area is 80.0 Å². The van der Waals surface area contributed by atoms with Gasteiger partial charge in [-0.25, -0.2) is 4.98 Å². The van der Waals surface area contributed by atoms with Gasteiger partial charge in [0, 0.05) is 18.2 Å². The van der Waals surface area contributed by atoms with E-state index in [4.69, 9.17) is 4.74 Å². The van der Waals surface area contributed by atoms with E-state index in [-0.39, 0.29) is 0 Å². The molecule has 13 heavy (non-hydrogen) atoms. The van der Waals surface area contributed by atoms with Crippen LogP contribution < -0.4 is 9.92 Å². The molecule has 3 heteroatoms. The average Bonchev–Trinajstić information content (AvgIpc) is 2.48. The molecule has 1 aromatic heterocycles. The van der Waals surface area contributed by atoms with Gasteiger partial charge in [-0.15, -0.1) is 0 Å². The molecule has 1 aliphatic rings. The van der Waals surface area contributed by atoms with Crippen molar-refractivity contribution >= 4 is 13.3 Å². The van der Waals surface area contributed by atoms with Crippen LogP contribution in [0.15, 0.2) is 12.3 Å². The zero-order valence-electron chi connectivity index (χ0n) is 8.42. The van der Waals surface area contributed by atoms with Crippen molar-refractivity contribution in [3.05, 3.63) is 17.8 Å². The highest BCUT2D eigenvalue weighted by Crippen LogP contribution is 2.22. The third-order valence-corrected chi connectivity index (χ3v) is 4.50. The molecule has 0 atom stereocenters. The molecule has 0 saturated heterocycles. The molecule has 2 rings (SSSR count). The smallest absolute Gasteiger partial charge is 0.216 e. The number of pyridine rings is 1. The SMILES string of the molecule is C[Si](C)(C)c1ccnc2c1CCO2. The lowest BCUT2D eigenvalue weighted by atomic mass is 10.2. The van der Waals surface area contributed by atoms with Crippen molar-refractivity contribution in [3.8, 4) is 5.88 Å². The summed E-state index contributed by atoms with van der Waals surface area (Å²) in [4.78, 5) is 4.23. The first kappa shape index (κ1) is 8.75. The average molecular weight is 193 g/mol. The lowest BCUT2D eigenvalue weighted by Gasteiger charge is -2.18. The number of nitrogens with zero attached hydrogens (tertiary/aromatic N) is 1. The van der Waals surface area contributed by atoms with Crippen molar-refractivity contribution in [1.29, 1.82) is 0 Å². The van der Waals surface area contributed by atoms with Gasteiger partial charge in [0.25, 0.3) is 0 Å². The van der Waals surface area contributed by atoms with Crippen LogP contribution in [0.1, 0.15) is 5.56 Å². The fourth-order valence-electron chi connectivity index (χ4n) is 1.79. The fraction of sp³-hybridized carbons (Fsp3) is 0.500. The third-order valence-electron chi connectivity index (χ3n) is 2.42. The number of hydrogen-bond acceptors (Lipinski definition) is 2.